The molecule has 1 aliphatic rings. The molecule has 70 heavy (non-hydrogen) atoms. The topological polar surface area (TPSA) is 35.9 Å². The Kier molecular flexibility index (Phi) is 8.18. The predicted octanol–water partition coefficient (Wildman–Crippen LogP) is 15.5. The number of imidazole rings is 1. The second-order valence-corrected chi connectivity index (χ2v) is 18.0. The molecule has 0 saturated carbocycles. The Morgan fingerprint density at radius 2 is 1.19 bits per heavy atom. The van der Waals surface area contributed by atoms with E-state index in [1.165, 1.54) is 0 Å². The molecule has 0 radical (unpaired) electrons. The van der Waals surface area contributed by atoms with Crippen LogP contribution in [0.5, 0.6) is 11.5 Å². The van der Waals surface area contributed by atoms with E-state index in [9.17, 15) is 5.48 Å². The van der Waals surface area contributed by atoms with Crippen molar-refractivity contribution in [2.45, 2.75) is 26.2 Å². The van der Waals surface area contributed by atoms with Crippen molar-refractivity contribution in [2.75, 3.05) is 0 Å². The van der Waals surface area contributed by atoms with Gasteiger partial charge in [0.25, 0.3) is 6.33 Å². The molecule has 0 aliphatic carbocycles. The second kappa shape index (κ2) is 17.1. The van der Waals surface area contributed by atoms with Gasteiger partial charge >= 0.3 is 0 Å². The number of fused-ring (bicyclic) bond motifs is 10. The third kappa shape index (κ3) is 7.11. The number of hydrogen-bond donors (Lipinski definition) is 0. The monoisotopic (exact) mass is 1090 g/mol. The summed E-state index contributed by atoms with van der Waals surface area (Å²) in [5.41, 5.74) is 9.62. The summed E-state index contributed by atoms with van der Waals surface area (Å²) < 4.78 is 102. The van der Waals surface area contributed by atoms with Crippen molar-refractivity contribution in [3.8, 4) is 84.3 Å². The van der Waals surface area contributed by atoms with E-state index in [1.807, 2.05) is 118 Å². The van der Waals surface area contributed by atoms with Crippen molar-refractivity contribution >= 4 is 32.8 Å². The summed E-state index contributed by atoms with van der Waals surface area (Å²) in [6, 6.07) is 48.8. The predicted molar refractivity (Wildman–Crippen MR) is 279 cm³/mol. The minimum atomic E-state index is -0.531. The molecule has 0 bridgehead atoms. The summed E-state index contributed by atoms with van der Waals surface area (Å²) in [5, 5.41) is 2.04. The van der Waals surface area contributed by atoms with Gasteiger partial charge in [0.05, 0.1) is 30.4 Å². The average molecular weight is 1090 g/mol. The minimum absolute atomic E-state index is 0. The SMILES string of the molecule is [2H]c1c([2H])c([2H])c(-c2cccc3c2-c2ccccc2-c2cccc4c2[n+]([c-]n4-c2[c-]c(Oc4[c-]c5c(cc4)c4ccccc4n5-c4cc(C(C)(C)C)ccn4)ccc2)-c2c-3cccc2-c2c([2H])c([2H])c([2H])c([2H])c2[2H])c([2H])c1[2H].[Pt]. The van der Waals surface area contributed by atoms with Gasteiger partial charge in [-0.1, -0.05) is 184 Å². The summed E-state index contributed by atoms with van der Waals surface area (Å²) in [4.78, 5) is 4.84. The summed E-state index contributed by atoms with van der Waals surface area (Å²) >= 11 is 0. The minimum Gasteiger partial charge on any atom is -0.510 e. The fraction of sp³-hybridized carbons (Fsp3) is 0.0625. The Morgan fingerprint density at radius 3 is 1.99 bits per heavy atom. The first kappa shape index (κ1) is 33.4. The quantitative estimate of drug-likeness (QED) is 0.123. The molecule has 0 N–H and O–H groups in total. The molecule has 3 aromatic heterocycles. The third-order valence-electron chi connectivity index (χ3n) is 12.9. The van der Waals surface area contributed by atoms with E-state index in [-0.39, 0.29) is 49.7 Å². The maximum Gasteiger partial charge on any atom is 0.268 e. The van der Waals surface area contributed by atoms with Crippen LogP contribution in [-0.4, -0.2) is 14.1 Å². The number of rotatable bonds is 6. The molecule has 0 unspecified atom stereocenters. The largest absolute Gasteiger partial charge is 0.510 e. The molecule has 0 atom stereocenters. The zero-order valence-corrected chi connectivity index (χ0v) is 40.2. The van der Waals surface area contributed by atoms with Crippen LogP contribution in [0.25, 0.3) is 106 Å². The van der Waals surface area contributed by atoms with Gasteiger partial charge in [-0.15, -0.1) is 29.7 Å². The molecule has 4 heterocycles. The van der Waals surface area contributed by atoms with Crippen LogP contribution >= 0.6 is 0 Å². The van der Waals surface area contributed by atoms with Crippen LogP contribution in [0.3, 0.4) is 0 Å². The number of aromatic nitrogens is 4. The molecule has 9 aromatic carbocycles. The van der Waals surface area contributed by atoms with E-state index >= 15 is 0 Å². The third-order valence-corrected chi connectivity index (χ3v) is 12.9. The fourth-order valence-corrected chi connectivity index (χ4v) is 9.82. The van der Waals surface area contributed by atoms with Crippen LogP contribution in [0, 0.1) is 18.5 Å². The molecule has 0 fully saturated rings. The molecular weight excluding hydrogens is 1040 g/mol. The van der Waals surface area contributed by atoms with Gasteiger partial charge in [-0.2, -0.15) is 18.2 Å². The Balaban J connectivity index is 0.00000637. The molecular formula is C64H44N4OPt-2. The summed E-state index contributed by atoms with van der Waals surface area (Å²) in [6.07, 6.45) is 5.49. The molecule has 12 aromatic rings. The summed E-state index contributed by atoms with van der Waals surface area (Å²) in [6.45, 7) is 6.54. The molecule has 338 valence electrons. The van der Waals surface area contributed by atoms with Crippen molar-refractivity contribution < 1.29 is 44.1 Å². The smallest absolute Gasteiger partial charge is 0.268 e. The Hall–Kier alpha value is -8.11. The van der Waals surface area contributed by atoms with E-state index in [0.29, 0.717) is 67.3 Å². The molecule has 0 amide bonds. The number of hydrogen-bond acceptors (Lipinski definition) is 2. The zero-order valence-electron chi connectivity index (χ0n) is 47.9. The van der Waals surface area contributed by atoms with Crippen molar-refractivity contribution in [1.82, 2.24) is 14.1 Å². The standard InChI is InChI=1S/C64H44N4O.Pt/c1-64(2,3)44-36-37-65-60(38-44)68-57-32-13-12-25-51(57)52-35-34-47(40-59(52)68)69-46-23-14-22-45(39-46)66-41-67-62-49(43-20-8-5-9-21-43)28-16-30-56(62)54-29-15-27-48(42-18-6-4-7-19-42)61(54)53-26-11-10-24-50(53)55-31-17-33-58(66)63(55)67;/h4-38H,1-3H3;/q-2;/i4D,5D,6D,7D,8D,9D,18D,19D,20D,21D;. The van der Waals surface area contributed by atoms with Gasteiger partial charge in [-0.3, -0.25) is 4.57 Å². The number of para-hydroxylation sites is 3. The average Bonchev–Trinajstić information content (AvgIpc) is 4.16. The van der Waals surface area contributed by atoms with Gasteiger partial charge in [0.2, 0.25) is 0 Å². The molecule has 13 rings (SSSR count). The number of ether oxygens (including phenoxy) is 1. The summed E-state index contributed by atoms with van der Waals surface area (Å²) in [5.74, 6) is 1.61. The maximum absolute atomic E-state index is 9.32. The maximum atomic E-state index is 9.32. The second-order valence-electron chi connectivity index (χ2n) is 18.0. The number of benzene rings is 9. The van der Waals surface area contributed by atoms with Crippen LogP contribution in [-0.2, 0) is 26.5 Å². The zero-order chi connectivity index (χ0) is 54.9. The van der Waals surface area contributed by atoms with E-state index in [1.54, 1.807) is 24.3 Å². The van der Waals surface area contributed by atoms with Crippen LogP contribution in [0.1, 0.15) is 40.0 Å². The van der Waals surface area contributed by atoms with Crippen molar-refractivity contribution in [2.24, 2.45) is 0 Å². The molecule has 6 heteroatoms. The first-order valence-corrected chi connectivity index (χ1v) is 22.6. The van der Waals surface area contributed by atoms with Crippen LogP contribution in [0.4, 0.5) is 0 Å². The normalized spacial score (nSPS) is 13.8. The molecule has 1 aliphatic heterocycles. The van der Waals surface area contributed by atoms with E-state index in [0.717, 1.165) is 44.3 Å². The van der Waals surface area contributed by atoms with E-state index in [2.05, 4.69) is 62.0 Å². The first-order chi connectivity index (χ1) is 38.0. The van der Waals surface area contributed by atoms with Crippen molar-refractivity contribution in [1.29, 1.82) is 0 Å². The Morgan fingerprint density at radius 1 is 0.557 bits per heavy atom. The molecule has 5 nitrogen and oxygen atoms in total. The Bertz CT molecular complexity index is 4540. The molecule has 0 spiro atoms. The van der Waals surface area contributed by atoms with Gasteiger partial charge in [0.1, 0.15) is 5.82 Å². The van der Waals surface area contributed by atoms with Crippen molar-refractivity contribution in [3.05, 3.63) is 236 Å². The van der Waals surface area contributed by atoms with Crippen LogP contribution < -0.4 is 9.30 Å². The van der Waals surface area contributed by atoms with Gasteiger partial charge in [0.15, 0.2) is 0 Å². The van der Waals surface area contributed by atoms with Crippen molar-refractivity contribution in [3.63, 3.8) is 0 Å². The number of pyridine rings is 1. The fourth-order valence-electron chi connectivity index (χ4n) is 9.82. The van der Waals surface area contributed by atoms with Crippen LogP contribution in [0.15, 0.2) is 212 Å². The Labute approximate surface area is 435 Å². The number of nitrogens with zero attached hydrogens (tertiary/aromatic N) is 4. The molecule has 0 saturated heterocycles. The van der Waals surface area contributed by atoms with E-state index in [4.69, 9.17) is 17.9 Å². The first-order valence-electron chi connectivity index (χ1n) is 27.6. The summed E-state index contributed by atoms with van der Waals surface area (Å²) in [7, 11) is 0. The van der Waals surface area contributed by atoms with Crippen LogP contribution in [0.2, 0.25) is 0 Å². The van der Waals surface area contributed by atoms with Gasteiger partial charge in [-0.25, -0.2) is 4.98 Å². The van der Waals surface area contributed by atoms with E-state index < -0.39 is 48.3 Å². The van der Waals surface area contributed by atoms with Gasteiger partial charge in [0, 0.05) is 44.3 Å². The van der Waals surface area contributed by atoms with Gasteiger partial charge in [-0.05, 0) is 95.9 Å². The van der Waals surface area contributed by atoms with Gasteiger partial charge < -0.3 is 13.9 Å².